The lowest BCUT2D eigenvalue weighted by Gasteiger charge is -2.27. The van der Waals surface area contributed by atoms with E-state index in [1.165, 1.54) is 0 Å². The average molecular weight is 248 g/mol. The van der Waals surface area contributed by atoms with Crippen molar-refractivity contribution < 1.29 is 23.8 Å². The lowest BCUT2D eigenvalue weighted by molar-refractivity contribution is -0.128. The van der Waals surface area contributed by atoms with Crippen molar-refractivity contribution in [3.8, 4) is 0 Å². The van der Waals surface area contributed by atoms with E-state index in [0.717, 1.165) is 6.42 Å². The molecule has 0 aliphatic carbocycles. The predicted octanol–water partition coefficient (Wildman–Crippen LogP) is 2.78. The van der Waals surface area contributed by atoms with E-state index in [0.29, 0.717) is 26.3 Å². The molecule has 0 aromatic heterocycles. The van der Waals surface area contributed by atoms with Gasteiger partial charge in [0.05, 0.1) is 6.61 Å². The van der Waals surface area contributed by atoms with Crippen molar-refractivity contribution in [1.82, 2.24) is 0 Å². The van der Waals surface area contributed by atoms with Gasteiger partial charge in [-0.05, 0) is 6.42 Å². The molecule has 1 rings (SSSR count). The third-order valence-electron chi connectivity index (χ3n) is 1.55. The van der Waals surface area contributed by atoms with Crippen molar-refractivity contribution in [1.29, 1.82) is 0 Å². The van der Waals surface area contributed by atoms with Crippen LogP contribution in [0.5, 0.6) is 0 Å². The lowest BCUT2D eigenvalue weighted by Crippen LogP contribution is -2.34. The molecule has 0 aromatic carbocycles. The molecule has 102 valence electrons. The van der Waals surface area contributed by atoms with Crippen molar-refractivity contribution in [2.75, 3.05) is 19.8 Å². The van der Waals surface area contributed by atoms with E-state index in [4.69, 9.17) is 0 Å². The SMILES string of the molecule is CC.CC1(C)COC(=O)OC1.CCCOC=O. The van der Waals surface area contributed by atoms with Gasteiger partial charge in [0.1, 0.15) is 13.2 Å². The molecule has 1 fully saturated rings. The molecule has 1 aliphatic rings. The largest absolute Gasteiger partial charge is 0.508 e. The number of carbonyl (C=O) groups excluding carboxylic acids is 2. The highest BCUT2D eigenvalue weighted by atomic mass is 16.7. The van der Waals surface area contributed by atoms with Gasteiger partial charge in [-0.3, -0.25) is 4.79 Å². The molecule has 0 spiro atoms. The Balaban J connectivity index is 0. The first-order valence-electron chi connectivity index (χ1n) is 5.86. The van der Waals surface area contributed by atoms with E-state index in [2.05, 4.69) is 14.2 Å². The number of hydrogen-bond acceptors (Lipinski definition) is 5. The third-order valence-corrected chi connectivity index (χ3v) is 1.55. The molecule has 0 radical (unpaired) electrons. The van der Waals surface area contributed by atoms with Gasteiger partial charge in [0.2, 0.25) is 0 Å². The second kappa shape index (κ2) is 11.2. The monoisotopic (exact) mass is 248 g/mol. The maximum atomic E-state index is 10.3. The summed E-state index contributed by atoms with van der Waals surface area (Å²) in [6.45, 7) is 11.9. The van der Waals surface area contributed by atoms with Crippen LogP contribution in [0.2, 0.25) is 0 Å². The first-order chi connectivity index (χ1) is 8.02. The van der Waals surface area contributed by atoms with Crippen LogP contribution in [0.1, 0.15) is 41.0 Å². The van der Waals surface area contributed by atoms with Crippen LogP contribution in [0, 0.1) is 5.41 Å². The van der Waals surface area contributed by atoms with E-state index in [1.807, 2.05) is 34.6 Å². The summed E-state index contributed by atoms with van der Waals surface area (Å²) in [7, 11) is 0. The van der Waals surface area contributed by atoms with Crippen LogP contribution in [-0.2, 0) is 19.0 Å². The highest BCUT2D eigenvalue weighted by Crippen LogP contribution is 2.20. The van der Waals surface area contributed by atoms with Gasteiger partial charge in [-0.25, -0.2) is 4.79 Å². The molecule has 17 heavy (non-hydrogen) atoms. The van der Waals surface area contributed by atoms with E-state index < -0.39 is 6.16 Å². The first-order valence-corrected chi connectivity index (χ1v) is 5.86. The fraction of sp³-hybridized carbons (Fsp3) is 0.833. The Kier molecular flexibility index (Phi) is 12.0. The fourth-order valence-corrected chi connectivity index (χ4v) is 0.758. The molecule has 5 heteroatoms. The molecule has 0 N–H and O–H groups in total. The predicted molar refractivity (Wildman–Crippen MR) is 64.7 cm³/mol. The van der Waals surface area contributed by atoms with Crippen LogP contribution in [-0.4, -0.2) is 32.4 Å². The average Bonchev–Trinajstić information content (AvgIpc) is 2.34. The van der Waals surface area contributed by atoms with Crippen molar-refractivity contribution in [2.24, 2.45) is 5.41 Å². The minimum Gasteiger partial charge on any atom is -0.468 e. The molecule has 0 unspecified atom stereocenters. The molecule has 1 saturated heterocycles. The maximum absolute atomic E-state index is 10.3. The number of ether oxygens (including phenoxy) is 3. The number of rotatable bonds is 3. The van der Waals surface area contributed by atoms with Crippen molar-refractivity contribution in [3.05, 3.63) is 0 Å². The molecule has 0 amide bonds. The first kappa shape index (κ1) is 18.1. The Hall–Kier alpha value is -1.26. The van der Waals surface area contributed by atoms with E-state index >= 15 is 0 Å². The van der Waals surface area contributed by atoms with E-state index in [-0.39, 0.29) is 5.41 Å². The zero-order chi connectivity index (χ0) is 13.7. The van der Waals surface area contributed by atoms with Crippen molar-refractivity contribution >= 4 is 12.6 Å². The molecule has 0 bridgehead atoms. The Morgan fingerprint density at radius 3 is 2.00 bits per heavy atom. The second-order valence-corrected chi connectivity index (χ2v) is 3.96. The van der Waals surface area contributed by atoms with Gasteiger partial charge < -0.3 is 14.2 Å². The van der Waals surface area contributed by atoms with Crippen LogP contribution in [0.15, 0.2) is 0 Å². The van der Waals surface area contributed by atoms with Gasteiger partial charge in [-0.1, -0.05) is 34.6 Å². The van der Waals surface area contributed by atoms with Crippen LogP contribution < -0.4 is 0 Å². The van der Waals surface area contributed by atoms with Gasteiger partial charge in [0.25, 0.3) is 6.47 Å². The summed E-state index contributed by atoms with van der Waals surface area (Å²) in [5.41, 5.74) is -0.00604. The van der Waals surface area contributed by atoms with Crippen LogP contribution >= 0.6 is 0 Å². The Morgan fingerprint density at radius 1 is 1.29 bits per heavy atom. The van der Waals surface area contributed by atoms with E-state index in [1.54, 1.807) is 0 Å². The minimum absolute atomic E-state index is 0.00604. The number of cyclic esters (lactones) is 2. The van der Waals surface area contributed by atoms with E-state index in [9.17, 15) is 9.59 Å². The van der Waals surface area contributed by atoms with Crippen molar-refractivity contribution in [3.63, 3.8) is 0 Å². The van der Waals surface area contributed by atoms with Gasteiger partial charge in [0, 0.05) is 5.41 Å². The Morgan fingerprint density at radius 2 is 1.76 bits per heavy atom. The summed E-state index contributed by atoms with van der Waals surface area (Å²) < 4.78 is 13.6. The highest BCUT2D eigenvalue weighted by molar-refractivity contribution is 5.60. The molecule has 0 atom stereocenters. The summed E-state index contributed by atoms with van der Waals surface area (Å²) in [6.07, 6.45) is 0.355. The summed E-state index contributed by atoms with van der Waals surface area (Å²) in [5, 5.41) is 0. The molecule has 5 nitrogen and oxygen atoms in total. The smallest absolute Gasteiger partial charge is 0.468 e. The molecule has 0 saturated carbocycles. The second-order valence-electron chi connectivity index (χ2n) is 3.96. The van der Waals surface area contributed by atoms with Gasteiger partial charge >= 0.3 is 6.16 Å². The summed E-state index contributed by atoms with van der Waals surface area (Å²) in [5.74, 6) is 0. The topological polar surface area (TPSA) is 61.8 Å². The Labute approximate surface area is 103 Å². The van der Waals surface area contributed by atoms with Gasteiger partial charge in [0.15, 0.2) is 0 Å². The Bertz CT molecular complexity index is 189. The molecule has 0 aromatic rings. The normalized spacial score (nSPS) is 15.9. The maximum Gasteiger partial charge on any atom is 0.508 e. The third kappa shape index (κ3) is 12.7. The molecule has 1 heterocycles. The fourth-order valence-electron chi connectivity index (χ4n) is 0.758. The van der Waals surface area contributed by atoms with Gasteiger partial charge in [-0.15, -0.1) is 0 Å². The zero-order valence-corrected chi connectivity index (χ0v) is 11.4. The summed E-state index contributed by atoms with van der Waals surface area (Å²) >= 11 is 0. The minimum atomic E-state index is -0.547. The highest BCUT2D eigenvalue weighted by Gasteiger charge is 2.27. The quantitative estimate of drug-likeness (QED) is 0.436. The molecular weight excluding hydrogens is 224 g/mol. The van der Waals surface area contributed by atoms with Crippen LogP contribution in [0.4, 0.5) is 4.79 Å². The molecule has 1 aliphatic heterocycles. The standard InChI is InChI=1S/C6H10O3.C4H8O2.C2H6/c1-6(2)3-8-5(7)9-4-6;1-2-3-6-4-5;1-2/h3-4H2,1-2H3;4H,2-3H2,1H3;1-2H3. The van der Waals surface area contributed by atoms with Gasteiger partial charge in [-0.2, -0.15) is 0 Å². The summed E-state index contributed by atoms with van der Waals surface area (Å²) in [6, 6.07) is 0. The lowest BCUT2D eigenvalue weighted by atomic mass is 9.96. The number of hydrogen-bond donors (Lipinski definition) is 0. The van der Waals surface area contributed by atoms with Crippen molar-refractivity contribution in [2.45, 2.75) is 41.0 Å². The zero-order valence-electron chi connectivity index (χ0n) is 11.4. The molecular formula is C12H24O5. The van der Waals surface area contributed by atoms with Crippen LogP contribution in [0.3, 0.4) is 0 Å². The van der Waals surface area contributed by atoms with Crippen LogP contribution in [0.25, 0.3) is 0 Å². The summed E-state index contributed by atoms with van der Waals surface area (Å²) in [4.78, 5) is 19.6. The number of carbonyl (C=O) groups is 2.